The van der Waals surface area contributed by atoms with E-state index in [-0.39, 0.29) is 17.1 Å². The molecule has 0 saturated carbocycles. The standard InChI is InChI=1S/C21H33N3O4S/c1-15-18(29-16(2)22-15)12-23-9-10-28-21(13-23)11-17(27-14-21)19(25)24-7-5-20(3,26-4)6-8-24/h17H,5-14H2,1-4H3. The number of carbonyl (C=O) groups is 1. The number of amides is 1. The Labute approximate surface area is 177 Å². The Kier molecular flexibility index (Phi) is 6.01. The minimum Gasteiger partial charge on any atom is -0.378 e. The number of thiazole rings is 1. The fourth-order valence-corrected chi connectivity index (χ4v) is 5.65. The van der Waals surface area contributed by atoms with Gasteiger partial charge in [0.25, 0.3) is 5.91 Å². The molecule has 0 aromatic carbocycles. The lowest BCUT2D eigenvalue weighted by Crippen LogP contribution is -2.53. The summed E-state index contributed by atoms with van der Waals surface area (Å²) >= 11 is 1.77. The van der Waals surface area contributed by atoms with E-state index < -0.39 is 6.10 Å². The zero-order valence-corrected chi connectivity index (χ0v) is 18.8. The highest BCUT2D eigenvalue weighted by Gasteiger charge is 2.48. The van der Waals surface area contributed by atoms with Gasteiger partial charge in [-0.25, -0.2) is 4.98 Å². The Morgan fingerprint density at radius 3 is 2.72 bits per heavy atom. The zero-order valence-electron chi connectivity index (χ0n) is 18.0. The van der Waals surface area contributed by atoms with Gasteiger partial charge in [-0.1, -0.05) is 0 Å². The summed E-state index contributed by atoms with van der Waals surface area (Å²) in [6, 6.07) is 0. The van der Waals surface area contributed by atoms with Crippen LogP contribution in [0, 0.1) is 13.8 Å². The molecule has 0 bridgehead atoms. The number of morpholine rings is 1. The molecule has 2 unspecified atom stereocenters. The molecule has 1 amide bonds. The quantitative estimate of drug-likeness (QED) is 0.739. The summed E-state index contributed by atoms with van der Waals surface area (Å²) in [5.41, 5.74) is 0.634. The average Bonchev–Trinajstić information content (AvgIpc) is 3.24. The Morgan fingerprint density at radius 2 is 2.07 bits per heavy atom. The van der Waals surface area contributed by atoms with Crippen molar-refractivity contribution in [1.82, 2.24) is 14.8 Å². The number of methoxy groups -OCH3 is 1. The molecular formula is C21H33N3O4S. The van der Waals surface area contributed by atoms with E-state index in [0.717, 1.165) is 56.3 Å². The van der Waals surface area contributed by atoms with E-state index in [1.807, 2.05) is 4.90 Å². The van der Waals surface area contributed by atoms with E-state index in [1.165, 1.54) is 4.88 Å². The van der Waals surface area contributed by atoms with Crippen molar-refractivity contribution < 1.29 is 19.0 Å². The number of nitrogens with zero attached hydrogens (tertiary/aromatic N) is 3. The molecule has 7 nitrogen and oxygen atoms in total. The van der Waals surface area contributed by atoms with Gasteiger partial charge in [0.1, 0.15) is 11.7 Å². The molecule has 1 spiro atoms. The maximum atomic E-state index is 13.0. The largest absolute Gasteiger partial charge is 0.378 e. The molecule has 0 aliphatic carbocycles. The monoisotopic (exact) mass is 423 g/mol. The van der Waals surface area contributed by atoms with Gasteiger partial charge in [-0.15, -0.1) is 11.3 Å². The number of hydrogen-bond donors (Lipinski definition) is 0. The van der Waals surface area contributed by atoms with Crippen LogP contribution in [0.15, 0.2) is 0 Å². The number of hydrogen-bond acceptors (Lipinski definition) is 7. The van der Waals surface area contributed by atoms with Crippen LogP contribution in [0.4, 0.5) is 0 Å². The van der Waals surface area contributed by atoms with E-state index in [9.17, 15) is 4.79 Å². The molecule has 1 aromatic rings. The van der Waals surface area contributed by atoms with E-state index in [1.54, 1.807) is 18.4 Å². The molecule has 3 saturated heterocycles. The summed E-state index contributed by atoms with van der Waals surface area (Å²) in [5, 5.41) is 1.11. The first-order valence-corrected chi connectivity index (χ1v) is 11.4. The Bertz CT molecular complexity index is 746. The second-order valence-corrected chi connectivity index (χ2v) is 10.3. The summed E-state index contributed by atoms with van der Waals surface area (Å²) in [7, 11) is 1.75. The molecule has 3 aliphatic rings. The molecule has 8 heteroatoms. The van der Waals surface area contributed by atoms with Gasteiger partial charge in [0.2, 0.25) is 0 Å². The topological polar surface area (TPSA) is 64.1 Å². The lowest BCUT2D eigenvalue weighted by Gasteiger charge is -2.40. The van der Waals surface area contributed by atoms with Gasteiger partial charge in [0, 0.05) is 51.1 Å². The number of carbonyl (C=O) groups excluding carboxylic acids is 1. The maximum absolute atomic E-state index is 13.0. The third-order valence-electron chi connectivity index (χ3n) is 6.70. The smallest absolute Gasteiger partial charge is 0.251 e. The van der Waals surface area contributed by atoms with Crippen molar-refractivity contribution >= 4 is 17.2 Å². The Balaban J connectivity index is 1.34. The molecule has 0 radical (unpaired) electrons. The van der Waals surface area contributed by atoms with Crippen molar-refractivity contribution in [2.45, 2.75) is 63.9 Å². The predicted molar refractivity (Wildman–Crippen MR) is 111 cm³/mol. The van der Waals surface area contributed by atoms with Crippen molar-refractivity contribution in [2.75, 3.05) is 46.5 Å². The third-order valence-corrected chi connectivity index (χ3v) is 7.76. The van der Waals surface area contributed by atoms with Crippen molar-refractivity contribution in [3.63, 3.8) is 0 Å². The minimum absolute atomic E-state index is 0.106. The highest BCUT2D eigenvalue weighted by Crippen LogP contribution is 2.34. The summed E-state index contributed by atoms with van der Waals surface area (Å²) in [6.07, 6.45) is 1.98. The summed E-state index contributed by atoms with van der Waals surface area (Å²) in [5.74, 6) is 0.106. The van der Waals surface area contributed by atoms with E-state index in [0.29, 0.717) is 19.6 Å². The first-order chi connectivity index (χ1) is 13.8. The van der Waals surface area contributed by atoms with E-state index in [4.69, 9.17) is 14.2 Å². The molecule has 2 atom stereocenters. The van der Waals surface area contributed by atoms with Crippen LogP contribution < -0.4 is 0 Å². The lowest BCUT2D eigenvalue weighted by molar-refractivity contribution is -0.145. The Hall–Kier alpha value is -1.06. The highest BCUT2D eigenvalue weighted by atomic mass is 32.1. The number of likely N-dealkylation sites (tertiary alicyclic amines) is 1. The van der Waals surface area contributed by atoms with Gasteiger partial charge >= 0.3 is 0 Å². The molecule has 4 rings (SSSR count). The lowest BCUT2D eigenvalue weighted by atomic mass is 9.92. The van der Waals surface area contributed by atoms with Gasteiger partial charge in [0.15, 0.2) is 0 Å². The maximum Gasteiger partial charge on any atom is 0.251 e. The first kappa shape index (κ1) is 21.2. The molecule has 4 heterocycles. The molecule has 162 valence electrons. The number of aryl methyl sites for hydroxylation is 2. The summed E-state index contributed by atoms with van der Waals surface area (Å²) in [4.78, 5) is 23.3. The zero-order chi connectivity index (χ0) is 20.6. The van der Waals surface area contributed by atoms with Crippen molar-refractivity contribution in [3.8, 4) is 0 Å². The van der Waals surface area contributed by atoms with Gasteiger partial charge in [-0.05, 0) is 33.6 Å². The van der Waals surface area contributed by atoms with Crippen molar-refractivity contribution in [1.29, 1.82) is 0 Å². The van der Waals surface area contributed by atoms with Crippen LogP contribution in [0.5, 0.6) is 0 Å². The van der Waals surface area contributed by atoms with Crippen LogP contribution in [0.3, 0.4) is 0 Å². The second kappa shape index (κ2) is 8.23. The SMILES string of the molecule is COC1(C)CCN(C(=O)C2CC3(CO2)CN(Cc2sc(C)nc2C)CCO3)CC1. The molecule has 29 heavy (non-hydrogen) atoms. The van der Waals surface area contributed by atoms with Gasteiger partial charge in [-0.2, -0.15) is 0 Å². The van der Waals surface area contributed by atoms with Gasteiger partial charge < -0.3 is 19.1 Å². The molecular weight excluding hydrogens is 390 g/mol. The van der Waals surface area contributed by atoms with Crippen molar-refractivity contribution in [2.24, 2.45) is 0 Å². The van der Waals surface area contributed by atoms with E-state index >= 15 is 0 Å². The van der Waals surface area contributed by atoms with E-state index in [2.05, 4.69) is 30.7 Å². The van der Waals surface area contributed by atoms with Crippen LogP contribution in [0.1, 0.15) is 41.8 Å². The normalized spacial score (nSPS) is 30.2. The summed E-state index contributed by atoms with van der Waals surface area (Å²) in [6.45, 7) is 11.5. The number of piperidine rings is 1. The first-order valence-electron chi connectivity index (χ1n) is 10.6. The van der Waals surface area contributed by atoms with Gasteiger partial charge in [-0.3, -0.25) is 9.69 Å². The van der Waals surface area contributed by atoms with Gasteiger partial charge in [0.05, 0.1) is 29.5 Å². The fourth-order valence-electron chi connectivity index (χ4n) is 4.67. The number of rotatable bonds is 4. The van der Waals surface area contributed by atoms with Crippen LogP contribution in [-0.4, -0.2) is 84.5 Å². The fraction of sp³-hybridized carbons (Fsp3) is 0.810. The average molecular weight is 424 g/mol. The van der Waals surface area contributed by atoms with Crippen LogP contribution in [0.25, 0.3) is 0 Å². The summed E-state index contributed by atoms with van der Waals surface area (Å²) < 4.78 is 17.8. The second-order valence-electron chi connectivity index (χ2n) is 8.97. The minimum atomic E-state index is -0.394. The molecule has 0 N–H and O–H groups in total. The molecule has 3 aliphatic heterocycles. The van der Waals surface area contributed by atoms with Crippen molar-refractivity contribution in [3.05, 3.63) is 15.6 Å². The van der Waals surface area contributed by atoms with Crippen LogP contribution in [0.2, 0.25) is 0 Å². The molecule has 1 aromatic heterocycles. The Morgan fingerprint density at radius 1 is 1.31 bits per heavy atom. The highest BCUT2D eigenvalue weighted by molar-refractivity contribution is 7.11. The predicted octanol–water partition coefficient (Wildman–Crippen LogP) is 2.15. The van der Waals surface area contributed by atoms with Crippen LogP contribution >= 0.6 is 11.3 Å². The van der Waals surface area contributed by atoms with Crippen LogP contribution in [-0.2, 0) is 25.5 Å². The number of aromatic nitrogens is 1. The third kappa shape index (κ3) is 4.51. The molecule has 3 fully saturated rings. The number of ether oxygens (including phenoxy) is 3.